The molecule has 1 rings (SSSR count). The molecule has 1 aromatic heterocycles. The second-order valence-corrected chi connectivity index (χ2v) is 2.94. The van der Waals surface area contributed by atoms with Crippen LogP contribution >= 0.6 is 0 Å². The Kier molecular flexibility index (Phi) is 2.98. The fourth-order valence-electron chi connectivity index (χ4n) is 1.06. The third-order valence-electron chi connectivity index (χ3n) is 1.98. The summed E-state index contributed by atoms with van der Waals surface area (Å²) in [4.78, 5) is 13.7. The molecule has 6 heteroatoms. The van der Waals surface area contributed by atoms with Crippen LogP contribution in [0.1, 0.15) is 24.9 Å². The minimum absolute atomic E-state index is 0.0814. The predicted octanol–water partition coefficient (Wildman–Crippen LogP) is 0.982. The van der Waals surface area contributed by atoms with Crippen molar-refractivity contribution in [3.8, 4) is 0 Å². The van der Waals surface area contributed by atoms with E-state index in [0.717, 1.165) is 0 Å². The van der Waals surface area contributed by atoms with Gasteiger partial charge in [-0.2, -0.15) is 0 Å². The van der Waals surface area contributed by atoms with Crippen molar-refractivity contribution in [2.24, 2.45) is 5.73 Å². The summed E-state index contributed by atoms with van der Waals surface area (Å²) in [5.41, 5.74) is 11.5. The summed E-state index contributed by atoms with van der Waals surface area (Å²) in [5, 5.41) is 10.5. The Morgan fingerprint density at radius 1 is 1.71 bits per heavy atom. The number of hydrogen-bond donors (Lipinski definition) is 2. The van der Waals surface area contributed by atoms with Crippen molar-refractivity contribution >= 4 is 11.5 Å². The lowest BCUT2D eigenvalue weighted by atomic mass is 10.1. The lowest BCUT2D eigenvalue weighted by Gasteiger charge is -2.08. The summed E-state index contributed by atoms with van der Waals surface area (Å²) >= 11 is 0. The average Bonchev–Trinajstić information content (AvgIpc) is 2.17. The molecule has 1 heterocycles. The molecule has 76 valence electrons. The molecule has 0 bridgehead atoms. The van der Waals surface area contributed by atoms with E-state index in [4.69, 9.17) is 11.5 Å². The van der Waals surface area contributed by atoms with E-state index in [1.807, 2.05) is 6.92 Å². The van der Waals surface area contributed by atoms with Gasteiger partial charge in [-0.3, -0.25) is 10.1 Å². The summed E-state index contributed by atoms with van der Waals surface area (Å²) < 4.78 is 0. The lowest BCUT2D eigenvalue weighted by Crippen LogP contribution is -2.10. The lowest BCUT2D eigenvalue weighted by molar-refractivity contribution is -0.384. The topological polar surface area (TPSA) is 108 Å². The highest BCUT2D eigenvalue weighted by Crippen LogP contribution is 2.23. The van der Waals surface area contributed by atoms with Crippen LogP contribution in [-0.2, 0) is 0 Å². The smallest absolute Gasteiger partial charge is 0.311 e. The molecule has 1 aromatic rings. The zero-order valence-electron chi connectivity index (χ0n) is 7.80. The summed E-state index contributed by atoms with van der Waals surface area (Å²) in [7, 11) is 0. The van der Waals surface area contributed by atoms with E-state index in [9.17, 15) is 10.1 Å². The van der Waals surface area contributed by atoms with Crippen LogP contribution in [0.15, 0.2) is 12.3 Å². The van der Waals surface area contributed by atoms with Gasteiger partial charge in [0.05, 0.1) is 4.92 Å². The van der Waals surface area contributed by atoms with E-state index in [2.05, 4.69) is 4.98 Å². The fourth-order valence-corrected chi connectivity index (χ4v) is 1.06. The molecule has 0 amide bonds. The Hall–Kier alpha value is -1.69. The zero-order valence-corrected chi connectivity index (χ0v) is 7.80. The van der Waals surface area contributed by atoms with Crippen LogP contribution in [-0.4, -0.2) is 9.91 Å². The molecule has 0 spiro atoms. The van der Waals surface area contributed by atoms with E-state index >= 15 is 0 Å². The second kappa shape index (κ2) is 4.01. The van der Waals surface area contributed by atoms with Gasteiger partial charge in [0.1, 0.15) is 0 Å². The van der Waals surface area contributed by atoms with E-state index < -0.39 is 4.92 Å². The van der Waals surface area contributed by atoms with Crippen LogP contribution in [0.25, 0.3) is 0 Å². The number of rotatable bonds is 3. The van der Waals surface area contributed by atoms with Gasteiger partial charge in [0.2, 0.25) is 5.82 Å². The maximum absolute atomic E-state index is 10.5. The van der Waals surface area contributed by atoms with Crippen molar-refractivity contribution in [3.05, 3.63) is 27.9 Å². The third kappa shape index (κ3) is 1.97. The maximum Gasteiger partial charge on any atom is 0.311 e. The Morgan fingerprint density at radius 3 is 2.86 bits per heavy atom. The molecule has 6 nitrogen and oxygen atoms in total. The third-order valence-corrected chi connectivity index (χ3v) is 1.98. The number of nitrogen functional groups attached to an aromatic ring is 1. The Bertz CT molecular complexity index is 353. The molecule has 1 atom stereocenters. The first-order chi connectivity index (χ1) is 6.56. The predicted molar refractivity (Wildman–Crippen MR) is 52.5 cm³/mol. The summed E-state index contributed by atoms with van der Waals surface area (Å²) in [5.74, 6) is -0.0814. The van der Waals surface area contributed by atoms with Crippen molar-refractivity contribution in [1.29, 1.82) is 0 Å². The van der Waals surface area contributed by atoms with Crippen LogP contribution in [0.5, 0.6) is 0 Å². The standard InChI is InChI=1S/C8H12N4O2/c1-2-6(9)5-3-7(12(13)14)8(10)11-4-5/h3-4,6H,2,9H2,1H3,(H2,10,11). The molecule has 0 aliphatic heterocycles. The van der Waals surface area contributed by atoms with Gasteiger partial charge in [-0.25, -0.2) is 4.98 Å². The van der Waals surface area contributed by atoms with E-state index in [1.54, 1.807) is 0 Å². The van der Waals surface area contributed by atoms with Crippen LogP contribution in [0, 0.1) is 10.1 Å². The van der Waals surface area contributed by atoms with E-state index in [1.165, 1.54) is 12.3 Å². The zero-order chi connectivity index (χ0) is 10.7. The van der Waals surface area contributed by atoms with Gasteiger partial charge in [0.25, 0.3) is 0 Å². The molecule has 0 fully saturated rings. The van der Waals surface area contributed by atoms with Crippen LogP contribution < -0.4 is 11.5 Å². The average molecular weight is 196 g/mol. The Labute approximate surface area is 81.1 Å². The van der Waals surface area contributed by atoms with Crippen LogP contribution in [0.4, 0.5) is 11.5 Å². The molecule has 0 aliphatic rings. The fraction of sp³-hybridized carbons (Fsp3) is 0.375. The van der Waals surface area contributed by atoms with Gasteiger partial charge in [0, 0.05) is 18.3 Å². The molecular weight excluding hydrogens is 184 g/mol. The summed E-state index contributed by atoms with van der Waals surface area (Å²) in [6.45, 7) is 1.90. The SMILES string of the molecule is CCC(N)c1cnc(N)c([N+](=O)[O-])c1. The highest BCUT2D eigenvalue weighted by molar-refractivity contribution is 5.53. The minimum atomic E-state index is -0.561. The second-order valence-electron chi connectivity index (χ2n) is 2.94. The van der Waals surface area contributed by atoms with E-state index in [0.29, 0.717) is 12.0 Å². The number of aromatic nitrogens is 1. The minimum Gasteiger partial charge on any atom is -0.378 e. The number of nitrogens with zero attached hydrogens (tertiary/aromatic N) is 2. The molecule has 0 saturated heterocycles. The van der Waals surface area contributed by atoms with Gasteiger partial charge >= 0.3 is 5.69 Å². The number of pyridine rings is 1. The highest BCUT2D eigenvalue weighted by Gasteiger charge is 2.15. The van der Waals surface area contributed by atoms with Gasteiger partial charge in [-0.15, -0.1) is 0 Å². The Balaban J connectivity index is 3.12. The Morgan fingerprint density at radius 2 is 2.36 bits per heavy atom. The largest absolute Gasteiger partial charge is 0.378 e. The first-order valence-electron chi connectivity index (χ1n) is 4.21. The van der Waals surface area contributed by atoms with Crippen molar-refractivity contribution < 1.29 is 4.92 Å². The monoisotopic (exact) mass is 196 g/mol. The van der Waals surface area contributed by atoms with Crippen molar-refractivity contribution in [2.75, 3.05) is 5.73 Å². The van der Waals surface area contributed by atoms with Crippen molar-refractivity contribution in [2.45, 2.75) is 19.4 Å². The number of hydrogen-bond acceptors (Lipinski definition) is 5. The number of nitro groups is 1. The van der Waals surface area contributed by atoms with Gasteiger partial charge < -0.3 is 11.5 Å². The molecule has 1 unspecified atom stereocenters. The molecule has 0 aromatic carbocycles. The first kappa shape index (κ1) is 10.4. The summed E-state index contributed by atoms with van der Waals surface area (Å²) in [6.07, 6.45) is 2.17. The molecule has 0 aliphatic carbocycles. The molecule has 4 N–H and O–H groups in total. The first-order valence-corrected chi connectivity index (χ1v) is 4.21. The van der Waals surface area contributed by atoms with Crippen LogP contribution in [0.3, 0.4) is 0 Å². The summed E-state index contributed by atoms with van der Waals surface area (Å²) in [6, 6.07) is 1.14. The van der Waals surface area contributed by atoms with Gasteiger partial charge in [-0.05, 0) is 12.0 Å². The molecule has 0 saturated carbocycles. The van der Waals surface area contributed by atoms with Crippen molar-refractivity contribution in [3.63, 3.8) is 0 Å². The highest BCUT2D eigenvalue weighted by atomic mass is 16.6. The number of nitrogens with two attached hydrogens (primary N) is 2. The quantitative estimate of drug-likeness (QED) is 0.553. The maximum atomic E-state index is 10.5. The molecular formula is C8H12N4O2. The molecule has 0 radical (unpaired) electrons. The van der Waals surface area contributed by atoms with Gasteiger partial charge in [-0.1, -0.05) is 6.92 Å². The normalized spacial score (nSPS) is 12.4. The van der Waals surface area contributed by atoms with Crippen LogP contribution in [0.2, 0.25) is 0 Å². The molecule has 14 heavy (non-hydrogen) atoms. The van der Waals surface area contributed by atoms with E-state index in [-0.39, 0.29) is 17.5 Å². The van der Waals surface area contributed by atoms with Crippen molar-refractivity contribution in [1.82, 2.24) is 4.98 Å². The number of anilines is 1. The van der Waals surface area contributed by atoms with Gasteiger partial charge in [0.15, 0.2) is 0 Å².